The van der Waals surface area contributed by atoms with Crippen molar-refractivity contribution in [3.8, 4) is 17.2 Å². The van der Waals surface area contributed by atoms with Crippen LogP contribution >= 0.6 is 0 Å². The van der Waals surface area contributed by atoms with Gasteiger partial charge in [0, 0.05) is 0 Å². The van der Waals surface area contributed by atoms with Gasteiger partial charge < -0.3 is 0 Å². The van der Waals surface area contributed by atoms with Gasteiger partial charge in [-0.1, -0.05) is 0 Å². The Morgan fingerprint density at radius 3 is 1.84 bits per heavy atom. The first-order chi connectivity index (χ1) is 21.5. The van der Waals surface area contributed by atoms with Crippen molar-refractivity contribution in [1.82, 2.24) is 0 Å². The molecule has 0 saturated carbocycles. The molecule has 1 fully saturated rings. The summed E-state index contributed by atoms with van der Waals surface area (Å²) in [5, 5.41) is 0. The Morgan fingerprint density at radius 1 is 0.682 bits per heavy atom. The van der Waals surface area contributed by atoms with Crippen LogP contribution in [0.2, 0.25) is 13.1 Å². The van der Waals surface area contributed by atoms with E-state index in [4.69, 9.17) is 13.6 Å². The van der Waals surface area contributed by atoms with Crippen LogP contribution in [-0.2, 0) is 0 Å². The Bertz CT molecular complexity index is 1870. The van der Waals surface area contributed by atoms with Crippen molar-refractivity contribution in [1.29, 1.82) is 0 Å². The average molecular weight is 614 g/mol. The maximum atomic E-state index is 7.73. The molecule has 0 unspecified atom stereocenters. The summed E-state index contributed by atoms with van der Waals surface area (Å²) in [6, 6.07) is 46.9. The summed E-state index contributed by atoms with van der Waals surface area (Å²) in [5.74, 6) is 2.41. The molecule has 8 rings (SSSR count). The minimum absolute atomic E-state index is 0.758. The molecule has 0 atom stereocenters. The van der Waals surface area contributed by atoms with E-state index in [9.17, 15) is 0 Å². The van der Waals surface area contributed by atoms with E-state index in [0.717, 1.165) is 52.9 Å². The normalized spacial score (nSPS) is 19.5. The van der Waals surface area contributed by atoms with Gasteiger partial charge in [-0.15, -0.1) is 0 Å². The number of methoxy groups -OCH3 is 1. The summed E-state index contributed by atoms with van der Waals surface area (Å²) in [5.41, 5.74) is 6.68. The van der Waals surface area contributed by atoms with Gasteiger partial charge in [-0.25, -0.2) is 0 Å². The number of nitrogens with zero attached hydrogens (tertiary/aromatic N) is 3. The van der Waals surface area contributed by atoms with E-state index in [1.807, 2.05) is 12.1 Å². The van der Waals surface area contributed by atoms with Crippen LogP contribution in [-0.4, -0.2) is 45.6 Å². The first-order valence-corrected chi connectivity index (χ1v) is 21.3. The number of hydrogen-bond acceptors (Lipinski definition) is 5. The molecule has 6 nitrogen and oxygen atoms in total. The van der Waals surface area contributed by atoms with Gasteiger partial charge >= 0.3 is 260 Å². The Morgan fingerprint density at radius 2 is 1.23 bits per heavy atom. The van der Waals surface area contributed by atoms with Gasteiger partial charge in [0.2, 0.25) is 0 Å². The topological polar surface area (TPSA) is 37.2 Å². The van der Waals surface area contributed by atoms with Crippen LogP contribution in [0.25, 0.3) is 0 Å². The molecule has 0 amide bonds. The van der Waals surface area contributed by atoms with Gasteiger partial charge in [0.25, 0.3) is 0 Å². The predicted octanol–water partition coefficient (Wildman–Crippen LogP) is 7.36. The second kappa shape index (κ2) is 9.60. The molecule has 0 N–H and O–H groups in total. The van der Waals surface area contributed by atoms with E-state index < -0.39 is 15.4 Å². The number of anilines is 2. The molecule has 8 heteroatoms. The van der Waals surface area contributed by atoms with E-state index in [-0.39, 0.29) is 0 Å². The summed E-state index contributed by atoms with van der Waals surface area (Å²) < 4.78 is 28.9. The van der Waals surface area contributed by atoms with Gasteiger partial charge in [-0.05, 0) is 0 Å². The third kappa shape index (κ3) is 3.49. The molecule has 44 heavy (non-hydrogen) atoms. The van der Waals surface area contributed by atoms with E-state index in [2.05, 4.69) is 148 Å². The fourth-order valence-electron chi connectivity index (χ4n) is 7.70. The minimum atomic E-state index is -4.36. The van der Waals surface area contributed by atoms with E-state index >= 15 is 0 Å². The zero-order chi connectivity index (χ0) is 30.0. The third-order valence-corrected chi connectivity index (χ3v) is 27.3. The molecule has 5 aromatic rings. The summed E-state index contributed by atoms with van der Waals surface area (Å²) in [7, 11) is -5.68. The zero-order valence-electron chi connectivity index (χ0n) is 25.2. The van der Waals surface area contributed by atoms with Gasteiger partial charge in [0.05, 0.1) is 0 Å². The number of hydrogen-bond donors (Lipinski definition) is 0. The molecular weight excluding hydrogens is 579 g/mol. The Hall–Kier alpha value is -4.80. The fraction of sp³-hybridized carbons (Fsp3) is 0.139. The monoisotopic (exact) mass is 613 g/mol. The third-order valence-electron chi connectivity index (χ3n) is 9.85. The number of para-hydroxylation sites is 4. The second-order valence-electron chi connectivity index (χ2n) is 12.0. The van der Waals surface area contributed by atoms with Gasteiger partial charge in [0.1, 0.15) is 0 Å². The van der Waals surface area contributed by atoms with Crippen molar-refractivity contribution in [2.75, 3.05) is 29.3 Å². The van der Waals surface area contributed by atoms with Crippen LogP contribution < -0.4 is 22.7 Å². The Balaban J connectivity index is 1.53. The van der Waals surface area contributed by atoms with Crippen LogP contribution in [0.5, 0.6) is 17.2 Å². The molecule has 0 aromatic heterocycles. The summed E-state index contributed by atoms with van der Waals surface area (Å²) in [4.78, 5) is 0. The van der Waals surface area contributed by atoms with Crippen LogP contribution in [0.15, 0.2) is 133 Å². The SMILES string of the molecule is COc1ccc2c(c1)O[Si-]1(C)([Si]3(C)N(c4ccccc4)CCN3c3ccccc3)Oc3ccccc3[N+]1=C2c1ccccc1. The molecule has 0 bridgehead atoms. The van der Waals surface area contributed by atoms with Crippen LogP contribution in [0.4, 0.5) is 17.1 Å². The van der Waals surface area contributed by atoms with Gasteiger partial charge in [-0.3, -0.25) is 0 Å². The molecule has 0 aliphatic carbocycles. The number of ether oxygens (including phenoxy) is 1. The van der Waals surface area contributed by atoms with E-state index in [0.29, 0.717) is 0 Å². The molecule has 3 heterocycles. The second-order valence-corrected chi connectivity index (χ2v) is 25.2. The van der Waals surface area contributed by atoms with Crippen molar-refractivity contribution < 1.29 is 17.8 Å². The summed E-state index contributed by atoms with van der Waals surface area (Å²) in [6.45, 7) is 6.51. The Kier molecular flexibility index (Phi) is 5.85. The quantitative estimate of drug-likeness (QED) is 0.194. The van der Waals surface area contributed by atoms with E-state index in [1.54, 1.807) is 7.11 Å². The molecule has 5 aromatic carbocycles. The molecule has 1 saturated heterocycles. The summed E-state index contributed by atoms with van der Waals surface area (Å²) in [6.07, 6.45) is 0. The van der Waals surface area contributed by atoms with Crippen molar-refractivity contribution in [2.45, 2.75) is 13.1 Å². The molecule has 220 valence electrons. The zero-order valence-corrected chi connectivity index (χ0v) is 27.2. The van der Waals surface area contributed by atoms with Crippen LogP contribution in [0.3, 0.4) is 0 Å². The molecule has 0 radical (unpaired) electrons. The van der Waals surface area contributed by atoms with Crippen molar-refractivity contribution in [3.63, 3.8) is 0 Å². The van der Waals surface area contributed by atoms with Crippen LogP contribution in [0, 0.1) is 0 Å². The first-order valence-electron chi connectivity index (χ1n) is 15.2. The molecule has 0 spiro atoms. The van der Waals surface area contributed by atoms with Crippen LogP contribution in [0.1, 0.15) is 11.1 Å². The number of benzene rings is 5. The molecule has 3 aliphatic heterocycles. The maximum absolute atomic E-state index is 7.73. The Labute approximate surface area is 259 Å². The number of fused-ring (bicyclic) bond motifs is 4. The molecule has 3 aliphatic rings. The predicted molar refractivity (Wildman–Crippen MR) is 181 cm³/mol. The molecular formula is C36H35N3O3Si2. The van der Waals surface area contributed by atoms with Gasteiger partial charge in [-0.2, -0.15) is 0 Å². The van der Waals surface area contributed by atoms with Crippen molar-refractivity contribution in [3.05, 3.63) is 145 Å². The average Bonchev–Trinajstić information content (AvgIpc) is 3.58. The van der Waals surface area contributed by atoms with Crippen molar-refractivity contribution in [2.24, 2.45) is 0 Å². The number of rotatable bonds is 5. The van der Waals surface area contributed by atoms with E-state index in [1.165, 1.54) is 11.4 Å². The summed E-state index contributed by atoms with van der Waals surface area (Å²) >= 11 is 0. The first kappa shape index (κ1) is 26.8. The standard InChI is InChI=1S/C36H35N3O3Si2/c1-40-31-23-24-32-35(27-31)42-44(3,39(33-21-13-14-22-34(33)41-44)36(32)28-15-7-4-8-16-28)43(2)37(29-17-9-5-10-18-29)25-26-38(43)30-19-11-6-12-20-30/h4-24,27H,25-26H2,1-3H3. The van der Waals surface area contributed by atoms with Crippen molar-refractivity contribution >= 4 is 38.2 Å². The fourth-order valence-corrected chi connectivity index (χ4v) is 24.4. The van der Waals surface area contributed by atoms with Gasteiger partial charge in [0.15, 0.2) is 0 Å².